The summed E-state index contributed by atoms with van der Waals surface area (Å²) in [4.78, 5) is 14.5. The third-order valence-corrected chi connectivity index (χ3v) is 6.51. The van der Waals surface area contributed by atoms with Crippen molar-refractivity contribution in [1.29, 1.82) is 0 Å². The summed E-state index contributed by atoms with van der Waals surface area (Å²) in [5, 5.41) is 15.5. The molecule has 0 aliphatic heterocycles. The normalized spacial score (nSPS) is 13.4. The average molecular weight is 503 g/mol. The van der Waals surface area contributed by atoms with Crippen LogP contribution in [0.3, 0.4) is 0 Å². The lowest BCUT2D eigenvalue weighted by molar-refractivity contribution is 0.966. The Balaban J connectivity index is 1.25. The van der Waals surface area contributed by atoms with Crippen LogP contribution in [0, 0.1) is 0 Å². The van der Waals surface area contributed by atoms with Crippen molar-refractivity contribution in [3.63, 3.8) is 0 Å². The van der Waals surface area contributed by atoms with Gasteiger partial charge in [-0.15, -0.1) is 11.3 Å². The summed E-state index contributed by atoms with van der Waals surface area (Å²) in [6.07, 6.45) is 6.03. The standard InChI is InChI=1S/C20H17BrClN7S/c21-15-10-25-20(27-18(15)26-17-7-16(28-29-17)11-4-5-11)24-9-14-8-23-19(30-14)12-2-1-3-13(22)6-12/h1-3,6-8,10-11H,4-5,9H2,(H3,24,25,26,27,28,29). The summed E-state index contributed by atoms with van der Waals surface area (Å²) >= 11 is 11.2. The molecule has 3 heterocycles. The fourth-order valence-electron chi connectivity index (χ4n) is 2.98. The Bertz CT molecular complexity index is 1190. The molecule has 0 spiro atoms. The lowest BCUT2D eigenvalue weighted by Gasteiger charge is -2.08. The van der Waals surface area contributed by atoms with Crippen molar-refractivity contribution in [3.8, 4) is 10.6 Å². The number of benzene rings is 1. The molecule has 10 heteroatoms. The van der Waals surface area contributed by atoms with E-state index in [1.165, 1.54) is 18.5 Å². The molecule has 30 heavy (non-hydrogen) atoms. The van der Waals surface area contributed by atoms with E-state index in [2.05, 4.69) is 51.7 Å². The van der Waals surface area contributed by atoms with Crippen LogP contribution in [0.15, 0.2) is 47.2 Å². The predicted octanol–water partition coefficient (Wildman–Crippen LogP) is 5.97. The molecular formula is C20H17BrClN7S. The van der Waals surface area contributed by atoms with Gasteiger partial charge in [0.25, 0.3) is 0 Å². The number of thiazole rings is 1. The molecule has 0 saturated heterocycles. The number of H-pyrrole nitrogens is 1. The van der Waals surface area contributed by atoms with E-state index in [-0.39, 0.29) is 0 Å². The van der Waals surface area contributed by atoms with E-state index in [0.717, 1.165) is 25.7 Å². The van der Waals surface area contributed by atoms with Crippen molar-refractivity contribution in [3.05, 3.63) is 62.8 Å². The minimum atomic E-state index is 0.524. The van der Waals surface area contributed by atoms with Gasteiger partial charge in [0.15, 0.2) is 11.6 Å². The maximum Gasteiger partial charge on any atom is 0.224 e. The maximum absolute atomic E-state index is 6.08. The molecule has 3 aromatic heterocycles. The topological polar surface area (TPSA) is 91.4 Å². The van der Waals surface area contributed by atoms with Gasteiger partial charge in [-0.05, 0) is 40.9 Å². The highest BCUT2D eigenvalue weighted by atomic mass is 79.9. The second kappa shape index (κ2) is 8.33. The smallest absolute Gasteiger partial charge is 0.224 e. The minimum Gasteiger partial charge on any atom is -0.349 e. The van der Waals surface area contributed by atoms with Gasteiger partial charge in [0.2, 0.25) is 5.95 Å². The summed E-state index contributed by atoms with van der Waals surface area (Å²) in [6, 6.07) is 9.73. The third kappa shape index (κ3) is 4.48. The second-order valence-corrected chi connectivity index (χ2v) is 9.40. The first-order valence-electron chi connectivity index (χ1n) is 9.43. The van der Waals surface area contributed by atoms with Crippen LogP contribution in [0.2, 0.25) is 5.02 Å². The van der Waals surface area contributed by atoms with Crippen LogP contribution in [0.25, 0.3) is 10.6 Å². The van der Waals surface area contributed by atoms with E-state index >= 15 is 0 Å². The first-order valence-corrected chi connectivity index (χ1v) is 11.4. The van der Waals surface area contributed by atoms with Gasteiger partial charge in [-0.3, -0.25) is 5.10 Å². The van der Waals surface area contributed by atoms with Crippen LogP contribution < -0.4 is 10.6 Å². The Morgan fingerprint density at radius 3 is 2.93 bits per heavy atom. The minimum absolute atomic E-state index is 0.524. The quantitative estimate of drug-likeness (QED) is 0.288. The van der Waals surface area contributed by atoms with Gasteiger partial charge in [-0.2, -0.15) is 10.1 Å². The largest absolute Gasteiger partial charge is 0.349 e. The molecule has 0 bridgehead atoms. The van der Waals surface area contributed by atoms with E-state index in [9.17, 15) is 0 Å². The fourth-order valence-corrected chi connectivity index (χ4v) is 4.30. The predicted molar refractivity (Wildman–Crippen MR) is 123 cm³/mol. The summed E-state index contributed by atoms with van der Waals surface area (Å²) in [6.45, 7) is 0.577. The SMILES string of the molecule is Clc1cccc(-c2ncc(CNc3ncc(Br)c(Nc4cc(C5CC5)[nH]n4)n3)s2)c1. The molecule has 0 unspecified atom stereocenters. The van der Waals surface area contributed by atoms with Gasteiger partial charge in [0.1, 0.15) is 5.01 Å². The Morgan fingerprint density at radius 1 is 1.20 bits per heavy atom. The molecule has 1 fully saturated rings. The first-order chi connectivity index (χ1) is 14.6. The number of nitrogens with zero attached hydrogens (tertiary/aromatic N) is 4. The number of rotatable bonds is 7. The Hall–Kier alpha value is -2.49. The van der Waals surface area contributed by atoms with Crippen molar-refractivity contribution in [2.75, 3.05) is 10.6 Å². The molecule has 4 aromatic rings. The van der Waals surface area contributed by atoms with Crippen LogP contribution in [0.1, 0.15) is 29.3 Å². The van der Waals surface area contributed by atoms with Crippen LogP contribution in [-0.2, 0) is 6.54 Å². The van der Waals surface area contributed by atoms with Gasteiger partial charge < -0.3 is 10.6 Å². The number of halogens is 2. The number of nitrogens with one attached hydrogen (secondary N) is 3. The zero-order valence-corrected chi connectivity index (χ0v) is 18.9. The number of aromatic amines is 1. The van der Waals surface area contributed by atoms with Crippen LogP contribution in [0.5, 0.6) is 0 Å². The zero-order chi connectivity index (χ0) is 20.5. The van der Waals surface area contributed by atoms with Crippen molar-refractivity contribution >= 4 is 56.5 Å². The maximum atomic E-state index is 6.08. The van der Waals surface area contributed by atoms with Gasteiger partial charge in [0.05, 0.1) is 11.0 Å². The van der Waals surface area contributed by atoms with Crippen molar-refractivity contribution < 1.29 is 0 Å². The molecule has 0 atom stereocenters. The molecule has 152 valence electrons. The van der Waals surface area contributed by atoms with Crippen molar-refractivity contribution in [1.82, 2.24) is 25.1 Å². The number of hydrogen-bond acceptors (Lipinski definition) is 7. The molecule has 1 aliphatic carbocycles. The summed E-state index contributed by atoms with van der Waals surface area (Å²) < 4.78 is 0.769. The van der Waals surface area contributed by atoms with Crippen molar-refractivity contribution in [2.45, 2.75) is 25.3 Å². The van der Waals surface area contributed by atoms with Gasteiger partial charge in [-0.25, -0.2) is 9.97 Å². The van der Waals surface area contributed by atoms with Gasteiger partial charge in [0, 0.05) is 45.5 Å². The van der Waals surface area contributed by atoms with E-state index in [1.54, 1.807) is 17.5 Å². The highest BCUT2D eigenvalue weighted by Crippen LogP contribution is 2.39. The zero-order valence-electron chi connectivity index (χ0n) is 15.7. The summed E-state index contributed by atoms with van der Waals surface area (Å²) in [5.41, 5.74) is 2.18. The van der Waals surface area contributed by atoms with Crippen LogP contribution >= 0.6 is 38.9 Å². The highest BCUT2D eigenvalue weighted by Gasteiger charge is 2.25. The van der Waals surface area contributed by atoms with Crippen LogP contribution in [-0.4, -0.2) is 25.1 Å². The van der Waals surface area contributed by atoms with E-state index in [0.29, 0.717) is 29.3 Å². The molecule has 5 rings (SSSR count). The summed E-state index contributed by atoms with van der Waals surface area (Å²) in [7, 11) is 0. The molecule has 0 radical (unpaired) electrons. The van der Waals surface area contributed by atoms with Crippen LogP contribution in [0.4, 0.5) is 17.6 Å². The van der Waals surface area contributed by atoms with Gasteiger partial charge >= 0.3 is 0 Å². The molecule has 3 N–H and O–H groups in total. The molecule has 0 amide bonds. The average Bonchev–Trinajstić information content (AvgIpc) is 3.30. The highest BCUT2D eigenvalue weighted by molar-refractivity contribution is 9.10. The fraction of sp³-hybridized carbons (Fsp3) is 0.200. The molecule has 1 aromatic carbocycles. The van der Waals surface area contributed by atoms with Crippen molar-refractivity contribution in [2.24, 2.45) is 0 Å². The molecular weight excluding hydrogens is 486 g/mol. The molecule has 1 saturated carbocycles. The van der Waals surface area contributed by atoms with E-state index < -0.39 is 0 Å². The lowest BCUT2D eigenvalue weighted by atomic mass is 10.2. The third-order valence-electron chi connectivity index (χ3n) is 4.65. The first kappa shape index (κ1) is 19.5. The monoisotopic (exact) mass is 501 g/mol. The Morgan fingerprint density at radius 2 is 2.10 bits per heavy atom. The second-order valence-electron chi connectivity index (χ2n) is 6.99. The number of hydrogen-bond donors (Lipinski definition) is 3. The van der Waals surface area contributed by atoms with Gasteiger partial charge in [-0.1, -0.05) is 23.7 Å². The number of aromatic nitrogens is 5. The Kier molecular flexibility index (Phi) is 5.41. The number of anilines is 3. The molecule has 7 nitrogen and oxygen atoms in total. The van der Waals surface area contributed by atoms with E-state index in [1.807, 2.05) is 36.5 Å². The van der Waals surface area contributed by atoms with E-state index in [4.69, 9.17) is 11.6 Å². The lowest BCUT2D eigenvalue weighted by Crippen LogP contribution is -2.05. The molecule has 1 aliphatic rings. The Labute approximate surface area is 190 Å². The summed E-state index contributed by atoms with van der Waals surface area (Å²) in [5.74, 6) is 2.55.